The van der Waals surface area contributed by atoms with Crippen LogP contribution in [-0.4, -0.2) is 18.1 Å². The van der Waals surface area contributed by atoms with E-state index in [1.807, 2.05) is 50.5 Å². The smallest absolute Gasteiger partial charge is 0.0992 e. The number of nitriles is 1. The largest absolute Gasteiger partial charge is 0.366 e. The van der Waals surface area contributed by atoms with Gasteiger partial charge in [0.05, 0.1) is 17.7 Å². The number of rotatable bonds is 4. The molecule has 0 radical (unpaired) electrons. The van der Waals surface area contributed by atoms with Crippen molar-refractivity contribution in [3.63, 3.8) is 0 Å². The van der Waals surface area contributed by atoms with E-state index in [1.54, 1.807) is 12.3 Å². The summed E-state index contributed by atoms with van der Waals surface area (Å²) in [6.07, 6.45) is 3.58. The second kappa shape index (κ2) is 6.18. The molecule has 0 bridgehead atoms. The van der Waals surface area contributed by atoms with Crippen molar-refractivity contribution in [3.8, 4) is 6.07 Å². The van der Waals surface area contributed by atoms with Crippen LogP contribution in [0.3, 0.4) is 0 Å². The van der Waals surface area contributed by atoms with E-state index < -0.39 is 0 Å². The number of likely N-dealkylation sites (N-methyl/N-ethyl adjacent to an activating group) is 1. The Hall–Kier alpha value is -2.38. The molecule has 0 aliphatic carbocycles. The summed E-state index contributed by atoms with van der Waals surface area (Å²) in [6.45, 7) is 1.97. The third-order valence-corrected chi connectivity index (χ3v) is 3.32. The zero-order valence-corrected chi connectivity index (χ0v) is 11.7. The lowest BCUT2D eigenvalue weighted by Crippen LogP contribution is -2.37. The first-order valence-electron chi connectivity index (χ1n) is 6.52. The molecular weight excluding hydrogens is 248 g/mol. The summed E-state index contributed by atoms with van der Waals surface area (Å²) in [4.78, 5) is 6.25. The molecule has 4 nitrogen and oxygen atoms in total. The highest BCUT2D eigenvalue weighted by molar-refractivity contribution is 5.52. The van der Waals surface area contributed by atoms with Crippen LogP contribution in [0.5, 0.6) is 0 Å². The first-order chi connectivity index (χ1) is 9.63. The Labute approximate surface area is 119 Å². The van der Waals surface area contributed by atoms with Crippen molar-refractivity contribution in [1.29, 1.82) is 5.26 Å². The maximum absolute atomic E-state index is 9.01. The van der Waals surface area contributed by atoms with Crippen molar-refractivity contribution >= 4 is 5.69 Å². The van der Waals surface area contributed by atoms with E-state index in [2.05, 4.69) is 16.0 Å². The van der Waals surface area contributed by atoms with Crippen LogP contribution >= 0.6 is 0 Å². The molecule has 0 aliphatic heterocycles. The highest BCUT2D eigenvalue weighted by atomic mass is 15.2. The average Bonchev–Trinajstić information content (AvgIpc) is 2.48. The maximum Gasteiger partial charge on any atom is 0.0992 e. The van der Waals surface area contributed by atoms with Gasteiger partial charge in [-0.1, -0.05) is 12.1 Å². The molecule has 102 valence electrons. The molecule has 0 spiro atoms. The number of nitrogens with zero attached hydrogens (tertiary/aromatic N) is 3. The van der Waals surface area contributed by atoms with Gasteiger partial charge in [-0.25, -0.2) is 0 Å². The molecule has 1 aromatic carbocycles. The van der Waals surface area contributed by atoms with E-state index in [9.17, 15) is 0 Å². The molecule has 2 rings (SSSR count). The van der Waals surface area contributed by atoms with E-state index in [0.29, 0.717) is 5.56 Å². The zero-order valence-electron chi connectivity index (χ0n) is 11.7. The number of nitrogens with two attached hydrogens (primary N) is 1. The average molecular weight is 266 g/mol. The summed E-state index contributed by atoms with van der Waals surface area (Å²) < 4.78 is 0. The standard InChI is InChI=1S/C16H18N4/c1-12(18)16(14-6-4-8-19-11-14)20(2)15-7-3-5-13(9-15)10-17/h3-9,11-12,16H,18H2,1-2H3. The van der Waals surface area contributed by atoms with Gasteiger partial charge in [-0.2, -0.15) is 5.26 Å². The van der Waals surface area contributed by atoms with Gasteiger partial charge in [0.25, 0.3) is 0 Å². The van der Waals surface area contributed by atoms with Crippen LogP contribution in [0.1, 0.15) is 24.1 Å². The van der Waals surface area contributed by atoms with Gasteiger partial charge >= 0.3 is 0 Å². The summed E-state index contributed by atoms with van der Waals surface area (Å²) in [5.41, 5.74) is 8.82. The van der Waals surface area contributed by atoms with E-state index in [0.717, 1.165) is 11.3 Å². The lowest BCUT2D eigenvalue weighted by atomic mass is 10.0. The molecule has 0 aliphatic rings. The molecule has 2 unspecified atom stereocenters. The van der Waals surface area contributed by atoms with E-state index in [-0.39, 0.29) is 12.1 Å². The predicted molar refractivity (Wildman–Crippen MR) is 80.2 cm³/mol. The number of pyridine rings is 1. The SMILES string of the molecule is CC(N)C(c1cccnc1)N(C)c1cccc(C#N)c1. The fourth-order valence-electron chi connectivity index (χ4n) is 2.39. The van der Waals surface area contributed by atoms with E-state index >= 15 is 0 Å². The van der Waals surface area contributed by atoms with Crippen LogP contribution in [0.2, 0.25) is 0 Å². The van der Waals surface area contributed by atoms with Gasteiger partial charge in [0.2, 0.25) is 0 Å². The number of hydrogen-bond acceptors (Lipinski definition) is 4. The maximum atomic E-state index is 9.01. The summed E-state index contributed by atoms with van der Waals surface area (Å²) in [5.74, 6) is 0. The molecule has 0 amide bonds. The van der Waals surface area contributed by atoms with E-state index in [4.69, 9.17) is 11.0 Å². The van der Waals surface area contributed by atoms with Gasteiger partial charge in [0.15, 0.2) is 0 Å². The first kappa shape index (κ1) is 14.0. The number of benzene rings is 1. The predicted octanol–water partition coefficient (Wildman–Crippen LogP) is 2.48. The highest BCUT2D eigenvalue weighted by Gasteiger charge is 2.21. The monoisotopic (exact) mass is 266 g/mol. The minimum Gasteiger partial charge on any atom is -0.366 e. The van der Waals surface area contributed by atoms with Gasteiger partial charge in [0.1, 0.15) is 0 Å². The quantitative estimate of drug-likeness (QED) is 0.923. The van der Waals surface area contributed by atoms with Crippen molar-refractivity contribution in [2.24, 2.45) is 5.73 Å². The van der Waals surface area contributed by atoms with Gasteiger partial charge in [-0.3, -0.25) is 4.98 Å². The summed E-state index contributed by atoms with van der Waals surface area (Å²) in [6, 6.07) is 13.6. The van der Waals surface area contributed by atoms with Crippen molar-refractivity contribution in [1.82, 2.24) is 4.98 Å². The molecule has 2 atom stereocenters. The van der Waals surface area contributed by atoms with Crippen molar-refractivity contribution in [2.45, 2.75) is 19.0 Å². The Morgan fingerprint density at radius 1 is 1.30 bits per heavy atom. The number of hydrogen-bond donors (Lipinski definition) is 1. The van der Waals surface area contributed by atoms with E-state index in [1.165, 1.54) is 0 Å². The van der Waals surface area contributed by atoms with Crippen molar-refractivity contribution in [2.75, 3.05) is 11.9 Å². The van der Waals surface area contributed by atoms with Crippen LogP contribution in [0.15, 0.2) is 48.8 Å². The Morgan fingerprint density at radius 3 is 2.70 bits per heavy atom. The molecule has 20 heavy (non-hydrogen) atoms. The molecule has 0 saturated heterocycles. The normalized spacial score (nSPS) is 13.3. The van der Waals surface area contributed by atoms with Crippen LogP contribution in [0.4, 0.5) is 5.69 Å². The second-order valence-electron chi connectivity index (χ2n) is 4.86. The summed E-state index contributed by atoms with van der Waals surface area (Å²) in [5, 5.41) is 9.01. The van der Waals surface area contributed by atoms with Gasteiger partial charge in [-0.15, -0.1) is 0 Å². The van der Waals surface area contributed by atoms with Crippen LogP contribution in [0.25, 0.3) is 0 Å². The number of aromatic nitrogens is 1. The van der Waals surface area contributed by atoms with Gasteiger partial charge in [0, 0.05) is 31.2 Å². The Balaban J connectivity index is 2.37. The highest BCUT2D eigenvalue weighted by Crippen LogP contribution is 2.27. The second-order valence-corrected chi connectivity index (χ2v) is 4.86. The molecule has 1 heterocycles. The molecule has 4 heteroatoms. The molecular formula is C16H18N4. The fourth-order valence-corrected chi connectivity index (χ4v) is 2.39. The lowest BCUT2D eigenvalue weighted by molar-refractivity contribution is 0.557. The number of anilines is 1. The fraction of sp³-hybridized carbons (Fsp3) is 0.250. The summed E-state index contributed by atoms with van der Waals surface area (Å²) in [7, 11) is 1.98. The Bertz CT molecular complexity index is 601. The van der Waals surface area contributed by atoms with Crippen molar-refractivity contribution < 1.29 is 0 Å². The summed E-state index contributed by atoms with van der Waals surface area (Å²) >= 11 is 0. The minimum absolute atomic E-state index is 0.0117. The molecule has 0 saturated carbocycles. The van der Waals surface area contributed by atoms with Gasteiger partial charge in [-0.05, 0) is 36.8 Å². The molecule has 0 fully saturated rings. The first-order valence-corrected chi connectivity index (χ1v) is 6.52. The Kier molecular flexibility index (Phi) is 4.34. The third kappa shape index (κ3) is 2.95. The van der Waals surface area contributed by atoms with Crippen LogP contribution < -0.4 is 10.6 Å². The third-order valence-electron chi connectivity index (χ3n) is 3.32. The van der Waals surface area contributed by atoms with Crippen molar-refractivity contribution in [3.05, 3.63) is 59.9 Å². The lowest BCUT2D eigenvalue weighted by Gasteiger charge is -2.33. The Morgan fingerprint density at radius 2 is 2.10 bits per heavy atom. The molecule has 2 aromatic rings. The topological polar surface area (TPSA) is 65.9 Å². The van der Waals surface area contributed by atoms with Crippen LogP contribution in [0, 0.1) is 11.3 Å². The van der Waals surface area contributed by atoms with Crippen LogP contribution in [-0.2, 0) is 0 Å². The van der Waals surface area contributed by atoms with Gasteiger partial charge < -0.3 is 10.6 Å². The molecule has 2 N–H and O–H groups in total. The molecule has 1 aromatic heterocycles. The minimum atomic E-state index is -0.0602. The zero-order chi connectivity index (χ0) is 14.5.